The SMILES string of the molecule is Cl.NCc1cc(=O)c2cc(Br)ccc2[nH]1. The molecule has 0 amide bonds. The fraction of sp³-hybridized carbons (Fsp3) is 0.100. The number of aromatic amines is 1. The molecule has 0 unspecified atom stereocenters. The molecule has 3 N–H and O–H groups in total. The lowest BCUT2D eigenvalue weighted by Gasteiger charge is -2.01. The largest absolute Gasteiger partial charge is 0.357 e. The van der Waals surface area contributed by atoms with E-state index in [9.17, 15) is 4.79 Å². The van der Waals surface area contributed by atoms with Gasteiger partial charge in [0.1, 0.15) is 0 Å². The summed E-state index contributed by atoms with van der Waals surface area (Å²) in [5.74, 6) is 0. The first-order chi connectivity index (χ1) is 6.70. The van der Waals surface area contributed by atoms with E-state index in [0.717, 1.165) is 15.7 Å². The van der Waals surface area contributed by atoms with Crippen molar-refractivity contribution < 1.29 is 0 Å². The Balaban J connectivity index is 0.00000112. The molecule has 0 aliphatic rings. The van der Waals surface area contributed by atoms with Crippen LogP contribution < -0.4 is 11.2 Å². The summed E-state index contributed by atoms with van der Waals surface area (Å²) in [5.41, 5.74) is 7.04. The highest BCUT2D eigenvalue weighted by Crippen LogP contribution is 2.15. The topological polar surface area (TPSA) is 58.9 Å². The molecule has 15 heavy (non-hydrogen) atoms. The number of hydrogen-bond acceptors (Lipinski definition) is 2. The molecular weight excluding hydrogens is 279 g/mol. The van der Waals surface area contributed by atoms with Crippen molar-refractivity contribution in [2.45, 2.75) is 6.54 Å². The number of hydrogen-bond donors (Lipinski definition) is 2. The molecule has 0 bridgehead atoms. The molecule has 3 nitrogen and oxygen atoms in total. The Kier molecular flexibility index (Phi) is 3.90. The van der Waals surface area contributed by atoms with E-state index < -0.39 is 0 Å². The van der Waals surface area contributed by atoms with E-state index in [1.54, 1.807) is 6.07 Å². The molecule has 5 heteroatoms. The van der Waals surface area contributed by atoms with Gasteiger partial charge in [-0.1, -0.05) is 15.9 Å². The predicted octanol–water partition coefficient (Wildman–Crippen LogP) is 2.17. The Hall–Kier alpha value is -0.840. The van der Waals surface area contributed by atoms with Gasteiger partial charge in [0.2, 0.25) is 0 Å². The van der Waals surface area contributed by atoms with Gasteiger partial charge in [-0.2, -0.15) is 0 Å². The van der Waals surface area contributed by atoms with Crippen LogP contribution in [0.5, 0.6) is 0 Å². The summed E-state index contributed by atoms with van der Waals surface area (Å²) in [4.78, 5) is 14.7. The number of aromatic nitrogens is 1. The van der Waals surface area contributed by atoms with Gasteiger partial charge in [-0.05, 0) is 18.2 Å². The van der Waals surface area contributed by atoms with Crippen LogP contribution in [0.2, 0.25) is 0 Å². The fourth-order valence-electron chi connectivity index (χ4n) is 1.38. The smallest absolute Gasteiger partial charge is 0.189 e. The maximum atomic E-state index is 11.6. The summed E-state index contributed by atoms with van der Waals surface area (Å²) in [5, 5.41) is 0.677. The molecule has 0 aliphatic heterocycles. The Morgan fingerprint density at radius 3 is 2.73 bits per heavy atom. The van der Waals surface area contributed by atoms with Gasteiger partial charge in [-0.25, -0.2) is 0 Å². The van der Waals surface area contributed by atoms with Crippen molar-refractivity contribution in [2.24, 2.45) is 5.73 Å². The van der Waals surface area contributed by atoms with Crippen LogP contribution in [0.1, 0.15) is 5.69 Å². The zero-order valence-electron chi connectivity index (χ0n) is 7.79. The number of rotatable bonds is 1. The number of benzene rings is 1. The summed E-state index contributed by atoms with van der Waals surface area (Å²) in [6, 6.07) is 7.09. The Morgan fingerprint density at radius 1 is 1.33 bits per heavy atom. The molecule has 2 rings (SSSR count). The van der Waals surface area contributed by atoms with E-state index in [1.165, 1.54) is 6.07 Å². The fourth-order valence-corrected chi connectivity index (χ4v) is 1.75. The van der Waals surface area contributed by atoms with Gasteiger partial charge in [0, 0.05) is 33.7 Å². The van der Waals surface area contributed by atoms with Crippen molar-refractivity contribution >= 4 is 39.2 Å². The lowest BCUT2D eigenvalue weighted by atomic mass is 10.2. The van der Waals surface area contributed by atoms with Gasteiger partial charge in [-0.3, -0.25) is 4.79 Å². The zero-order chi connectivity index (χ0) is 10.1. The van der Waals surface area contributed by atoms with Gasteiger partial charge >= 0.3 is 0 Å². The second-order valence-corrected chi connectivity index (χ2v) is 3.97. The van der Waals surface area contributed by atoms with E-state index in [4.69, 9.17) is 5.73 Å². The maximum Gasteiger partial charge on any atom is 0.189 e. The standard InChI is InChI=1S/C10H9BrN2O.ClH/c11-6-1-2-9-8(3-6)10(14)4-7(5-12)13-9;/h1-4H,5,12H2,(H,13,14);1H. The minimum atomic E-state index is 0. The molecule has 0 spiro atoms. The molecule has 0 atom stereocenters. The molecule has 1 heterocycles. The molecule has 2 aromatic rings. The van der Waals surface area contributed by atoms with Gasteiger partial charge in [0.25, 0.3) is 0 Å². The van der Waals surface area contributed by atoms with Crippen molar-refractivity contribution in [1.29, 1.82) is 0 Å². The van der Waals surface area contributed by atoms with Crippen LogP contribution in [-0.4, -0.2) is 4.98 Å². The summed E-state index contributed by atoms with van der Waals surface area (Å²) in [6.45, 7) is 0.348. The number of nitrogens with one attached hydrogen (secondary N) is 1. The Bertz CT molecular complexity index is 538. The van der Waals surface area contributed by atoms with E-state index in [2.05, 4.69) is 20.9 Å². The molecule has 0 aliphatic carbocycles. The highest BCUT2D eigenvalue weighted by atomic mass is 79.9. The first-order valence-electron chi connectivity index (χ1n) is 4.22. The van der Waals surface area contributed by atoms with Gasteiger partial charge < -0.3 is 10.7 Å². The summed E-state index contributed by atoms with van der Waals surface area (Å²) in [6.07, 6.45) is 0. The van der Waals surface area contributed by atoms with Gasteiger partial charge in [0.05, 0.1) is 0 Å². The minimum absolute atomic E-state index is 0. The van der Waals surface area contributed by atoms with E-state index in [0.29, 0.717) is 11.9 Å². The van der Waals surface area contributed by atoms with Crippen molar-refractivity contribution in [2.75, 3.05) is 0 Å². The third kappa shape index (κ3) is 2.40. The molecule has 80 valence electrons. The molecule has 0 saturated heterocycles. The van der Waals surface area contributed by atoms with Gasteiger partial charge in [-0.15, -0.1) is 12.4 Å². The van der Waals surface area contributed by atoms with Crippen LogP contribution in [0.25, 0.3) is 10.9 Å². The van der Waals surface area contributed by atoms with E-state index in [1.807, 2.05) is 12.1 Å². The van der Waals surface area contributed by atoms with Crippen LogP contribution in [0.3, 0.4) is 0 Å². The third-order valence-electron chi connectivity index (χ3n) is 2.07. The average molecular weight is 290 g/mol. The quantitative estimate of drug-likeness (QED) is 0.845. The van der Waals surface area contributed by atoms with Crippen molar-refractivity contribution in [3.05, 3.63) is 44.7 Å². The average Bonchev–Trinajstić information content (AvgIpc) is 2.19. The zero-order valence-corrected chi connectivity index (χ0v) is 10.2. The molecular formula is C10H10BrClN2O. The van der Waals surface area contributed by atoms with Gasteiger partial charge in [0.15, 0.2) is 5.43 Å². The van der Waals surface area contributed by atoms with Crippen LogP contribution in [0.4, 0.5) is 0 Å². The number of halogens is 2. The lowest BCUT2D eigenvalue weighted by molar-refractivity contribution is 1.00. The highest BCUT2D eigenvalue weighted by molar-refractivity contribution is 9.10. The molecule has 1 aromatic heterocycles. The molecule has 0 fully saturated rings. The van der Waals surface area contributed by atoms with Crippen molar-refractivity contribution in [1.82, 2.24) is 4.98 Å². The predicted molar refractivity (Wildman–Crippen MR) is 67.4 cm³/mol. The van der Waals surface area contributed by atoms with Crippen molar-refractivity contribution in [3.63, 3.8) is 0 Å². The van der Waals surface area contributed by atoms with E-state index >= 15 is 0 Å². The summed E-state index contributed by atoms with van der Waals surface area (Å²) in [7, 11) is 0. The van der Waals surface area contributed by atoms with E-state index in [-0.39, 0.29) is 17.8 Å². The summed E-state index contributed by atoms with van der Waals surface area (Å²) >= 11 is 3.32. The second kappa shape index (κ2) is 4.79. The Morgan fingerprint density at radius 2 is 2.07 bits per heavy atom. The monoisotopic (exact) mass is 288 g/mol. The first kappa shape index (κ1) is 12.2. The van der Waals surface area contributed by atoms with Crippen LogP contribution >= 0.6 is 28.3 Å². The first-order valence-corrected chi connectivity index (χ1v) is 5.01. The number of pyridine rings is 1. The van der Waals surface area contributed by atoms with Crippen LogP contribution in [0, 0.1) is 0 Å². The Labute approximate surface area is 101 Å². The molecule has 0 radical (unpaired) electrons. The lowest BCUT2D eigenvalue weighted by Crippen LogP contribution is -2.08. The minimum Gasteiger partial charge on any atom is -0.357 e. The summed E-state index contributed by atoms with van der Waals surface area (Å²) < 4.78 is 0.899. The number of nitrogens with two attached hydrogens (primary N) is 1. The number of H-pyrrole nitrogens is 1. The highest BCUT2D eigenvalue weighted by Gasteiger charge is 2.01. The number of fused-ring (bicyclic) bond motifs is 1. The normalized spacial score (nSPS) is 10.0. The second-order valence-electron chi connectivity index (χ2n) is 3.05. The molecule has 0 saturated carbocycles. The third-order valence-corrected chi connectivity index (χ3v) is 2.56. The molecule has 1 aromatic carbocycles. The van der Waals surface area contributed by atoms with Crippen LogP contribution in [-0.2, 0) is 6.54 Å². The van der Waals surface area contributed by atoms with Crippen molar-refractivity contribution in [3.8, 4) is 0 Å². The van der Waals surface area contributed by atoms with Crippen LogP contribution in [0.15, 0.2) is 33.5 Å². The maximum absolute atomic E-state index is 11.6.